The van der Waals surface area contributed by atoms with Crippen LogP contribution in [-0.2, 0) is 14.3 Å². The fourth-order valence-electron chi connectivity index (χ4n) is 1.63. The first kappa shape index (κ1) is 12.3. The molecule has 6 nitrogen and oxygen atoms in total. The molecule has 0 aliphatic carbocycles. The molecule has 1 atom stereocenters. The summed E-state index contributed by atoms with van der Waals surface area (Å²) < 4.78 is 4.46. The van der Waals surface area contributed by atoms with Crippen molar-refractivity contribution in [3.8, 4) is 0 Å². The summed E-state index contributed by atoms with van der Waals surface area (Å²) in [4.78, 5) is 40.0. The second-order valence-corrected chi connectivity index (χ2v) is 3.72. The predicted molar refractivity (Wildman–Crippen MR) is 62.1 cm³/mol. The molecule has 1 aliphatic rings. The molecule has 0 unspecified atom stereocenters. The van der Waals surface area contributed by atoms with Crippen LogP contribution in [-0.4, -0.2) is 37.0 Å². The third kappa shape index (κ3) is 1.88. The Bertz CT molecular complexity index is 495. The van der Waals surface area contributed by atoms with E-state index in [1.165, 1.54) is 27.1 Å². The van der Waals surface area contributed by atoms with E-state index < -0.39 is 23.9 Å². The number of hydrogen-bond acceptors (Lipinski definition) is 5. The molecule has 7 heteroatoms. The summed E-state index contributed by atoms with van der Waals surface area (Å²) in [5.74, 6) is -1.82. The van der Waals surface area contributed by atoms with Crippen molar-refractivity contribution >= 4 is 25.8 Å². The maximum atomic E-state index is 11.9. The zero-order valence-corrected chi connectivity index (χ0v) is 9.88. The summed E-state index contributed by atoms with van der Waals surface area (Å²) in [6, 6.07) is 6.36. The van der Waals surface area contributed by atoms with E-state index in [1.807, 2.05) is 0 Å². The Kier molecular flexibility index (Phi) is 3.16. The number of imide groups is 1. The number of carbonyl (C=O) groups excluding carboxylic acids is 3. The van der Waals surface area contributed by atoms with Crippen LogP contribution in [0.2, 0.25) is 0 Å². The van der Waals surface area contributed by atoms with Crippen molar-refractivity contribution in [2.24, 2.45) is 0 Å². The predicted octanol–water partition coefficient (Wildman–Crippen LogP) is -0.306. The average molecular weight is 247 g/mol. The van der Waals surface area contributed by atoms with E-state index in [9.17, 15) is 14.4 Å². The van der Waals surface area contributed by atoms with E-state index >= 15 is 0 Å². The molecule has 1 heterocycles. The normalized spacial score (nSPS) is 15.5. The Labute approximate surface area is 104 Å². The van der Waals surface area contributed by atoms with Gasteiger partial charge < -0.3 is 4.65 Å². The number of fused-ring (bicyclic) bond motifs is 1. The monoisotopic (exact) mass is 247 g/mol. The van der Waals surface area contributed by atoms with Gasteiger partial charge in [-0.25, -0.2) is 4.84 Å². The molecular weight excluding hydrogens is 237 g/mol. The Morgan fingerprint density at radius 3 is 2.17 bits per heavy atom. The largest absolute Gasteiger partial charge is 0.541 e. The smallest absolute Gasteiger partial charge is 0.326 e. The molecule has 0 spiro atoms. The summed E-state index contributed by atoms with van der Waals surface area (Å²) in [5.41, 5.74) is 0.527. The summed E-state index contributed by atoms with van der Waals surface area (Å²) in [6.45, 7) is 1.40. The minimum atomic E-state index is -1.03. The lowest BCUT2D eigenvalue weighted by Crippen LogP contribution is -2.37. The topological polar surface area (TPSA) is 72.9 Å². The zero-order chi connectivity index (χ0) is 13.3. The first-order valence-corrected chi connectivity index (χ1v) is 5.28. The highest BCUT2D eigenvalue weighted by molar-refractivity contribution is 6.20. The molecule has 2 amide bonds. The van der Waals surface area contributed by atoms with Gasteiger partial charge in [0, 0.05) is 0 Å². The highest BCUT2D eigenvalue weighted by Gasteiger charge is 2.38. The molecule has 1 aromatic carbocycles. The lowest BCUT2D eigenvalue weighted by Gasteiger charge is -2.17. The number of rotatable bonds is 3. The van der Waals surface area contributed by atoms with Gasteiger partial charge in [-0.15, -0.1) is 5.06 Å². The van der Waals surface area contributed by atoms with E-state index in [0.717, 1.165) is 0 Å². The summed E-state index contributed by atoms with van der Waals surface area (Å²) in [6.07, 6.45) is -1.03. The maximum Gasteiger partial charge on any atom is 0.326 e. The van der Waals surface area contributed by atoms with Crippen LogP contribution in [0.15, 0.2) is 24.3 Å². The van der Waals surface area contributed by atoms with Gasteiger partial charge >= 0.3 is 14.0 Å². The third-order valence-corrected chi connectivity index (χ3v) is 2.55. The molecule has 1 aliphatic heterocycles. The van der Waals surface area contributed by atoms with Crippen LogP contribution in [0.25, 0.3) is 0 Å². The number of hydrogen-bond donors (Lipinski definition) is 0. The number of nitrogens with zero attached hydrogens (tertiary/aromatic N) is 1. The van der Waals surface area contributed by atoms with Gasteiger partial charge in [0.2, 0.25) is 0 Å². The number of benzene rings is 1. The second kappa shape index (κ2) is 4.62. The van der Waals surface area contributed by atoms with Gasteiger partial charge in [0.25, 0.3) is 11.8 Å². The Morgan fingerprint density at radius 1 is 1.22 bits per heavy atom. The minimum Gasteiger partial charge on any atom is -0.541 e. The van der Waals surface area contributed by atoms with Crippen molar-refractivity contribution < 1.29 is 23.9 Å². The average Bonchev–Trinajstić information content (AvgIpc) is 2.63. The lowest BCUT2D eigenvalue weighted by molar-refractivity contribution is -0.168. The summed E-state index contributed by atoms with van der Waals surface area (Å²) >= 11 is 0. The molecule has 0 radical (unpaired) electrons. The van der Waals surface area contributed by atoms with Gasteiger partial charge in [-0.2, -0.15) is 0 Å². The van der Waals surface area contributed by atoms with Crippen LogP contribution >= 0.6 is 0 Å². The molecule has 1 aromatic rings. The van der Waals surface area contributed by atoms with Crippen molar-refractivity contribution in [3.05, 3.63) is 35.4 Å². The van der Waals surface area contributed by atoms with Gasteiger partial charge in [0.1, 0.15) is 0 Å². The fraction of sp³-hybridized carbons (Fsp3) is 0.182. The third-order valence-electron chi connectivity index (χ3n) is 2.55. The fourth-order valence-corrected chi connectivity index (χ4v) is 1.63. The van der Waals surface area contributed by atoms with Crippen LogP contribution in [0.1, 0.15) is 27.6 Å². The minimum absolute atomic E-state index is 0.263. The van der Waals surface area contributed by atoms with E-state index in [4.69, 9.17) is 4.84 Å². The lowest BCUT2D eigenvalue weighted by atomic mass is 10.1. The summed E-state index contributed by atoms with van der Waals surface area (Å²) in [5, 5.41) is 0.590. The van der Waals surface area contributed by atoms with Gasteiger partial charge in [-0.1, -0.05) is 12.1 Å². The molecular formula is C11H10BNO5. The molecule has 0 N–H and O–H groups in total. The van der Waals surface area contributed by atoms with E-state index in [1.54, 1.807) is 12.1 Å². The van der Waals surface area contributed by atoms with E-state index in [0.29, 0.717) is 5.06 Å². The van der Waals surface area contributed by atoms with Gasteiger partial charge in [-0.05, 0) is 19.1 Å². The van der Waals surface area contributed by atoms with Crippen molar-refractivity contribution in [3.63, 3.8) is 0 Å². The SMILES string of the molecule is BOC(=O)[C@H](C)ON1C(=O)c2ccccc2C1=O. The van der Waals surface area contributed by atoms with Crippen molar-refractivity contribution in [2.45, 2.75) is 13.0 Å². The Balaban J connectivity index is 2.21. The molecule has 0 saturated heterocycles. The van der Waals surface area contributed by atoms with E-state index in [2.05, 4.69) is 4.65 Å². The number of amides is 2. The van der Waals surface area contributed by atoms with Crippen molar-refractivity contribution in [1.29, 1.82) is 0 Å². The quantitative estimate of drug-likeness (QED) is 0.541. The van der Waals surface area contributed by atoms with Crippen LogP contribution in [0.3, 0.4) is 0 Å². The molecule has 0 aromatic heterocycles. The van der Waals surface area contributed by atoms with Crippen LogP contribution in [0, 0.1) is 0 Å². The molecule has 0 saturated carbocycles. The maximum absolute atomic E-state index is 11.9. The molecule has 2 rings (SSSR count). The van der Waals surface area contributed by atoms with Crippen LogP contribution < -0.4 is 0 Å². The van der Waals surface area contributed by atoms with Crippen molar-refractivity contribution in [2.75, 3.05) is 0 Å². The highest BCUT2D eigenvalue weighted by Crippen LogP contribution is 2.23. The number of carbonyl (C=O) groups is 3. The standard InChI is InChI=1S/C11H10BNO5/c1-6(11(16)17-12)18-13-9(14)7-4-2-3-5-8(7)10(13)15/h2-6H,12H2,1H3/t6-/m0/s1. The van der Waals surface area contributed by atoms with Gasteiger partial charge in [0.05, 0.1) is 11.1 Å². The zero-order valence-electron chi connectivity index (χ0n) is 9.88. The van der Waals surface area contributed by atoms with E-state index in [-0.39, 0.29) is 11.1 Å². The Morgan fingerprint density at radius 2 is 1.72 bits per heavy atom. The second-order valence-electron chi connectivity index (χ2n) is 3.72. The first-order valence-electron chi connectivity index (χ1n) is 5.28. The summed E-state index contributed by atoms with van der Waals surface area (Å²) in [7, 11) is 1.20. The number of hydroxylamine groups is 2. The molecule has 0 bridgehead atoms. The van der Waals surface area contributed by atoms with Crippen LogP contribution in [0.5, 0.6) is 0 Å². The van der Waals surface area contributed by atoms with Crippen LogP contribution in [0.4, 0.5) is 0 Å². The van der Waals surface area contributed by atoms with Crippen molar-refractivity contribution in [1.82, 2.24) is 5.06 Å². The molecule has 18 heavy (non-hydrogen) atoms. The van der Waals surface area contributed by atoms with Gasteiger partial charge in [0.15, 0.2) is 6.10 Å². The molecule has 92 valence electrons. The Hall–Kier alpha value is -2.15. The first-order chi connectivity index (χ1) is 8.56. The molecule has 0 fully saturated rings. The van der Waals surface area contributed by atoms with Gasteiger partial charge in [-0.3, -0.25) is 14.4 Å². The highest BCUT2D eigenvalue weighted by atomic mass is 16.7.